The fourth-order valence-corrected chi connectivity index (χ4v) is 2.33. The van der Waals surface area contributed by atoms with Crippen molar-refractivity contribution >= 4 is 11.0 Å². The van der Waals surface area contributed by atoms with Gasteiger partial charge in [-0.3, -0.25) is 4.68 Å². The largest absolute Gasteiger partial charge is 0.325 e. The van der Waals surface area contributed by atoms with Gasteiger partial charge in [0.15, 0.2) is 0 Å². The van der Waals surface area contributed by atoms with E-state index in [0.29, 0.717) is 6.54 Å². The summed E-state index contributed by atoms with van der Waals surface area (Å²) in [7, 11) is 1.90. The zero-order chi connectivity index (χ0) is 13.9. The molecule has 0 spiro atoms. The highest BCUT2D eigenvalue weighted by Gasteiger charge is 2.11. The molecule has 0 aliphatic rings. The van der Waals surface area contributed by atoms with Crippen molar-refractivity contribution in [1.82, 2.24) is 29.6 Å². The first-order valence-corrected chi connectivity index (χ1v) is 6.76. The van der Waals surface area contributed by atoms with Crippen molar-refractivity contribution in [2.24, 2.45) is 7.05 Å². The molecule has 3 rings (SSSR count). The highest BCUT2D eigenvalue weighted by atomic mass is 15.3. The lowest BCUT2D eigenvalue weighted by Gasteiger charge is -2.03. The number of aromatic nitrogens is 5. The molecule has 0 saturated carbocycles. The van der Waals surface area contributed by atoms with Crippen LogP contribution < -0.4 is 5.32 Å². The summed E-state index contributed by atoms with van der Waals surface area (Å²) in [6.45, 7) is 4.59. The van der Waals surface area contributed by atoms with E-state index in [4.69, 9.17) is 0 Å². The number of rotatable bonds is 5. The van der Waals surface area contributed by atoms with Crippen LogP contribution in [0.5, 0.6) is 0 Å². The van der Waals surface area contributed by atoms with E-state index < -0.39 is 0 Å². The topological polar surface area (TPSA) is 60.6 Å². The van der Waals surface area contributed by atoms with Gasteiger partial charge in [0, 0.05) is 31.4 Å². The number of hydrogen-bond donors (Lipinski definition) is 1. The Morgan fingerprint density at radius 1 is 1.30 bits per heavy atom. The first-order valence-electron chi connectivity index (χ1n) is 6.76. The normalized spacial score (nSPS) is 11.3. The minimum Gasteiger partial charge on any atom is -0.325 e. The summed E-state index contributed by atoms with van der Waals surface area (Å²) in [5.41, 5.74) is 2.25. The molecule has 0 aliphatic heterocycles. The van der Waals surface area contributed by atoms with Crippen molar-refractivity contribution in [1.29, 1.82) is 0 Å². The molecule has 104 valence electrons. The summed E-state index contributed by atoms with van der Waals surface area (Å²) in [6, 6.07) is 4.09. The zero-order valence-corrected chi connectivity index (χ0v) is 11.7. The molecule has 0 fully saturated rings. The van der Waals surface area contributed by atoms with Crippen LogP contribution in [0.1, 0.15) is 18.3 Å². The molecule has 6 nitrogen and oxygen atoms in total. The summed E-state index contributed by atoms with van der Waals surface area (Å²) < 4.78 is 3.92. The van der Waals surface area contributed by atoms with Crippen LogP contribution >= 0.6 is 0 Å². The van der Waals surface area contributed by atoms with Crippen LogP contribution in [-0.4, -0.2) is 30.9 Å². The van der Waals surface area contributed by atoms with Crippen molar-refractivity contribution in [3.8, 4) is 0 Å². The minimum atomic E-state index is 0.677. The van der Waals surface area contributed by atoms with Crippen molar-refractivity contribution in [3.05, 3.63) is 42.2 Å². The fourth-order valence-electron chi connectivity index (χ4n) is 2.33. The predicted octanol–water partition coefficient (Wildman–Crippen LogP) is 1.32. The van der Waals surface area contributed by atoms with E-state index in [1.54, 1.807) is 11.0 Å². The molecule has 0 aliphatic carbocycles. The maximum Gasteiger partial charge on any atom is 0.146 e. The van der Waals surface area contributed by atoms with E-state index in [1.165, 1.54) is 10.9 Å². The average Bonchev–Trinajstić information content (AvgIpc) is 3.02. The summed E-state index contributed by atoms with van der Waals surface area (Å²) >= 11 is 0. The number of fused-ring (bicyclic) bond motifs is 1. The van der Waals surface area contributed by atoms with E-state index in [0.717, 1.165) is 24.6 Å². The molecule has 3 aromatic rings. The monoisotopic (exact) mass is 270 g/mol. The van der Waals surface area contributed by atoms with Crippen molar-refractivity contribution in [2.45, 2.75) is 20.0 Å². The van der Waals surface area contributed by atoms with Crippen LogP contribution in [0.2, 0.25) is 0 Å². The Morgan fingerprint density at radius 3 is 2.95 bits per heavy atom. The van der Waals surface area contributed by atoms with Crippen LogP contribution in [0.3, 0.4) is 0 Å². The van der Waals surface area contributed by atoms with Gasteiger partial charge in [-0.05, 0) is 24.2 Å². The van der Waals surface area contributed by atoms with Crippen molar-refractivity contribution < 1.29 is 0 Å². The van der Waals surface area contributed by atoms with E-state index in [-0.39, 0.29) is 0 Å². The third-order valence-corrected chi connectivity index (χ3v) is 3.40. The molecule has 1 N–H and O–H groups in total. The summed E-state index contributed by atoms with van der Waals surface area (Å²) in [5, 5.41) is 8.67. The van der Waals surface area contributed by atoms with Gasteiger partial charge >= 0.3 is 0 Å². The maximum absolute atomic E-state index is 4.50. The smallest absolute Gasteiger partial charge is 0.146 e. The Bertz CT molecular complexity index is 711. The first-order chi connectivity index (χ1) is 9.79. The molecule has 20 heavy (non-hydrogen) atoms. The number of nitrogens with zero attached hydrogens (tertiary/aromatic N) is 5. The van der Waals surface area contributed by atoms with Crippen LogP contribution in [-0.2, 0) is 20.1 Å². The van der Waals surface area contributed by atoms with Crippen LogP contribution in [0.4, 0.5) is 0 Å². The van der Waals surface area contributed by atoms with Crippen LogP contribution in [0, 0.1) is 0 Å². The van der Waals surface area contributed by atoms with Gasteiger partial charge in [-0.15, -0.1) is 0 Å². The SMILES string of the molecule is CCNCc1cn(Cc2ncnn2C)c2ncccc12. The number of aryl methyl sites for hydroxylation is 1. The second kappa shape index (κ2) is 5.42. The number of hydrogen-bond acceptors (Lipinski definition) is 4. The van der Waals surface area contributed by atoms with Gasteiger partial charge in [0.25, 0.3) is 0 Å². The van der Waals surface area contributed by atoms with Gasteiger partial charge in [0.2, 0.25) is 0 Å². The molecule has 0 saturated heterocycles. The van der Waals surface area contributed by atoms with Crippen molar-refractivity contribution in [2.75, 3.05) is 6.54 Å². The second-order valence-electron chi connectivity index (χ2n) is 4.74. The first kappa shape index (κ1) is 12.8. The van der Waals surface area contributed by atoms with E-state index >= 15 is 0 Å². The van der Waals surface area contributed by atoms with Gasteiger partial charge < -0.3 is 9.88 Å². The Kier molecular flexibility index (Phi) is 3.47. The molecule has 3 heterocycles. The Hall–Kier alpha value is -2.21. The quantitative estimate of drug-likeness (QED) is 0.759. The predicted molar refractivity (Wildman–Crippen MR) is 77.2 cm³/mol. The lowest BCUT2D eigenvalue weighted by Crippen LogP contribution is -2.11. The lowest BCUT2D eigenvalue weighted by atomic mass is 10.2. The lowest BCUT2D eigenvalue weighted by molar-refractivity contribution is 0.658. The van der Waals surface area contributed by atoms with Gasteiger partial charge in [0.05, 0.1) is 6.54 Å². The average molecular weight is 270 g/mol. The van der Waals surface area contributed by atoms with Crippen molar-refractivity contribution in [3.63, 3.8) is 0 Å². The summed E-state index contributed by atoms with van der Waals surface area (Å²) in [4.78, 5) is 8.77. The molecule has 0 unspecified atom stereocenters. The number of nitrogens with one attached hydrogen (secondary N) is 1. The Morgan fingerprint density at radius 2 is 2.20 bits per heavy atom. The van der Waals surface area contributed by atoms with Gasteiger partial charge in [-0.1, -0.05) is 6.92 Å². The molecule has 3 aromatic heterocycles. The van der Waals surface area contributed by atoms with E-state index in [2.05, 4.69) is 44.1 Å². The van der Waals surface area contributed by atoms with E-state index in [1.807, 2.05) is 19.3 Å². The Balaban J connectivity index is 2.00. The van der Waals surface area contributed by atoms with Gasteiger partial charge in [-0.2, -0.15) is 5.10 Å². The standard InChI is InChI=1S/C14H18N6/c1-3-15-7-11-8-20(9-13-17-10-18-19(13)2)14-12(11)5-4-6-16-14/h4-6,8,10,15H,3,7,9H2,1-2H3. The highest BCUT2D eigenvalue weighted by molar-refractivity contribution is 5.80. The molecule has 0 bridgehead atoms. The molecular formula is C14H18N6. The molecule has 0 amide bonds. The van der Waals surface area contributed by atoms with Crippen LogP contribution in [0.25, 0.3) is 11.0 Å². The summed E-state index contributed by atoms with van der Waals surface area (Å²) in [5.74, 6) is 0.919. The molecule has 0 atom stereocenters. The second-order valence-corrected chi connectivity index (χ2v) is 4.74. The maximum atomic E-state index is 4.50. The minimum absolute atomic E-state index is 0.677. The zero-order valence-electron chi connectivity index (χ0n) is 11.7. The van der Waals surface area contributed by atoms with Gasteiger partial charge in [-0.25, -0.2) is 9.97 Å². The fraction of sp³-hybridized carbons (Fsp3) is 0.357. The molecular weight excluding hydrogens is 252 g/mol. The summed E-state index contributed by atoms with van der Waals surface area (Å²) in [6.07, 6.45) is 5.55. The van der Waals surface area contributed by atoms with E-state index in [9.17, 15) is 0 Å². The molecule has 0 radical (unpaired) electrons. The third-order valence-electron chi connectivity index (χ3n) is 3.40. The Labute approximate surface area is 117 Å². The van der Waals surface area contributed by atoms with Crippen LogP contribution in [0.15, 0.2) is 30.9 Å². The molecule has 0 aromatic carbocycles. The third kappa shape index (κ3) is 2.30. The van der Waals surface area contributed by atoms with Gasteiger partial charge in [0.1, 0.15) is 17.8 Å². The number of pyridine rings is 1. The highest BCUT2D eigenvalue weighted by Crippen LogP contribution is 2.20. The molecule has 6 heteroatoms.